The van der Waals surface area contributed by atoms with Crippen LogP contribution in [0.4, 0.5) is 5.82 Å². The number of pyridine rings is 2. The van der Waals surface area contributed by atoms with E-state index in [1.54, 1.807) is 6.20 Å². The average Bonchev–Trinajstić information content (AvgIpc) is 2.67. The zero-order chi connectivity index (χ0) is 17.3. The summed E-state index contributed by atoms with van der Waals surface area (Å²) in [6, 6.07) is 8.14. The number of fused-ring (bicyclic) bond motifs is 1. The van der Waals surface area contributed by atoms with Crippen molar-refractivity contribution in [2.24, 2.45) is 5.41 Å². The first kappa shape index (κ1) is 16.2. The summed E-state index contributed by atoms with van der Waals surface area (Å²) >= 11 is 0. The van der Waals surface area contributed by atoms with Crippen LogP contribution >= 0.6 is 0 Å². The van der Waals surface area contributed by atoms with E-state index < -0.39 is 0 Å². The minimum atomic E-state index is 0.0712. The lowest BCUT2D eigenvalue weighted by Crippen LogP contribution is -2.63. The number of nitrogens with one attached hydrogen (secondary N) is 1. The highest BCUT2D eigenvalue weighted by Gasteiger charge is 2.56. The number of aromatic nitrogens is 2. The van der Waals surface area contributed by atoms with Crippen LogP contribution in [0.15, 0.2) is 24.4 Å². The first-order valence-corrected chi connectivity index (χ1v) is 8.88. The van der Waals surface area contributed by atoms with Gasteiger partial charge in [-0.3, -0.25) is 0 Å². The van der Waals surface area contributed by atoms with Crippen molar-refractivity contribution in [3.05, 3.63) is 30.0 Å². The van der Waals surface area contributed by atoms with E-state index in [0.717, 1.165) is 44.5 Å². The van der Waals surface area contributed by atoms with Crippen LogP contribution in [0.1, 0.15) is 31.7 Å². The van der Waals surface area contributed by atoms with Gasteiger partial charge < -0.3 is 14.8 Å². The second-order valence-electron chi connectivity index (χ2n) is 6.77. The molecule has 0 aromatic carbocycles. The zero-order valence-corrected chi connectivity index (χ0v) is 14.4. The van der Waals surface area contributed by atoms with Gasteiger partial charge in [0, 0.05) is 42.9 Å². The molecule has 1 spiro atoms. The number of anilines is 1. The van der Waals surface area contributed by atoms with Crippen LogP contribution < -0.4 is 5.32 Å². The Bertz CT molecular complexity index is 811. The van der Waals surface area contributed by atoms with Gasteiger partial charge in [-0.1, -0.05) is 0 Å². The largest absolute Gasteiger partial charge is 0.381 e. The van der Waals surface area contributed by atoms with E-state index in [9.17, 15) is 5.26 Å². The molecule has 0 radical (unpaired) electrons. The Morgan fingerprint density at radius 1 is 1.44 bits per heavy atom. The molecule has 1 saturated carbocycles. The lowest BCUT2D eigenvalue weighted by Gasteiger charge is -2.57. The number of hydrogen-bond donors (Lipinski definition) is 1. The number of rotatable bonds is 4. The van der Waals surface area contributed by atoms with Crippen molar-refractivity contribution in [3.63, 3.8) is 0 Å². The predicted molar refractivity (Wildman–Crippen MR) is 94.2 cm³/mol. The van der Waals surface area contributed by atoms with E-state index in [1.807, 2.05) is 25.1 Å². The van der Waals surface area contributed by atoms with E-state index >= 15 is 0 Å². The van der Waals surface area contributed by atoms with Crippen LogP contribution in [-0.4, -0.2) is 41.9 Å². The third kappa shape index (κ3) is 2.74. The maximum Gasteiger partial charge on any atom is 0.161 e. The van der Waals surface area contributed by atoms with Gasteiger partial charge in [-0.05, 0) is 44.4 Å². The predicted octanol–water partition coefficient (Wildman–Crippen LogP) is 2.89. The molecule has 2 aliphatic rings. The zero-order valence-electron chi connectivity index (χ0n) is 14.4. The van der Waals surface area contributed by atoms with Gasteiger partial charge >= 0.3 is 0 Å². The standard InChI is InChI=1S/C19H22N4O2/c1-2-25-16-11-15(19(16)5-8-24-9-6-19)22-18-14(12-20)10-13-4-3-7-21-17(13)23-18/h3-4,7,10,15-16H,2,5-6,8-9,11H2,1H3,(H,21,22,23). The fourth-order valence-electron chi connectivity index (χ4n) is 4.17. The molecule has 1 saturated heterocycles. The second kappa shape index (κ2) is 6.58. The van der Waals surface area contributed by atoms with E-state index in [4.69, 9.17) is 9.47 Å². The molecule has 0 amide bonds. The van der Waals surface area contributed by atoms with E-state index in [1.165, 1.54) is 0 Å². The fraction of sp³-hybridized carbons (Fsp3) is 0.526. The summed E-state index contributed by atoms with van der Waals surface area (Å²) < 4.78 is 11.5. The summed E-state index contributed by atoms with van der Waals surface area (Å²) in [6.45, 7) is 4.29. The molecule has 25 heavy (non-hydrogen) atoms. The molecule has 2 aromatic rings. The molecular weight excluding hydrogens is 316 g/mol. The molecule has 4 rings (SSSR count). The van der Waals surface area contributed by atoms with Gasteiger partial charge in [0.15, 0.2) is 5.65 Å². The van der Waals surface area contributed by atoms with Gasteiger partial charge in [0.1, 0.15) is 11.9 Å². The van der Waals surface area contributed by atoms with Crippen molar-refractivity contribution in [1.82, 2.24) is 9.97 Å². The molecule has 1 aliphatic carbocycles. The minimum absolute atomic E-state index is 0.0712. The summed E-state index contributed by atoms with van der Waals surface area (Å²) in [4.78, 5) is 8.91. The molecule has 6 heteroatoms. The molecule has 2 fully saturated rings. The van der Waals surface area contributed by atoms with Crippen LogP contribution in [0.3, 0.4) is 0 Å². The lowest BCUT2D eigenvalue weighted by molar-refractivity contribution is -0.159. The van der Waals surface area contributed by atoms with Gasteiger partial charge in [0.05, 0.1) is 11.7 Å². The van der Waals surface area contributed by atoms with Gasteiger partial charge in [-0.25, -0.2) is 9.97 Å². The Labute approximate surface area is 147 Å². The van der Waals surface area contributed by atoms with Crippen LogP contribution in [0.5, 0.6) is 0 Å². The molecule has 3 heterocycles. The third-order valence-corrected chi connectivity index (χ3v) is 5.60. The molecule has 0 bridgehead atoms. The van der Waals surface area contributed by atoms with Crippen molar-refractivity contribution in [3.8, 4) is 6.07 Å². The van der Waals surface area contributed by atoms with Crippen LogP contribution in [0.25, 0.3) is 11.0 Å². The van der Waals surface area contributed by atoms with Crippen molar-refractivity contribution in [1.29, 1.82) is 5.26 Å². The number of nitriles is 1. The topological polar surface area (TPSA) is 80.1 Å². The minimum Gasteiger partial charge on any atom is -0.381 e. The highest BCUT2D eigenvalue weighted by Crippen LogP contribution is 2.51. The van der Waals surface area contributed by atoms with Crippen LogP contribution in [0, 0.1) is 16.7 Å². The molecule has 130 valence electrons. The van der Waals surface area contributed by atoms with Gasteiger partial charge in [0.2, 0.25) is 0 Å². The Morgan fingerprint density at radius 2 is 2.28 bits per heavy atom. The fourth-order valence-corrected chi connectivity index (χ4v) is 4.17. The van der Waals surface area contributed by atoms with Crippen molar-refractivity contribution < 1.29 is 9.47 Å². The normalized spacial score (nSPS) is 24.6. The number of hydrogen-bond acceptors (Lipinski definition) is 6. The van der Waals surface area contributed by atoms with Crippen molar-refractivity contribution in [2.45, 2.75) is 38.3 Å². The van der Waals surface area contributed by atoms with Crippen molar-refractivity contribution >= 4 is 16.9 Å². The van der Waals surface area contributed by atoms with Crippen LogP contribution in [-0.2, 0) is 9.47 Å². The number of ether oxygens (including phenoxy) is 2. The van der Waals surface area contributed by atoms with Gasteiger partial charge in [-0.2, -0.15) is 5.26 Å². The number of nitrogens with zero attached hydrogens (tertiary/aromatic N) is 3. The SMILES string of the molecule is CCOC1CC(Nc2nc3ncccc3cc2C#N)C12CCOCC2. The van der Waals surface area contributed by atoms with Crippen molar-refractivity contribution in [2.75, 3.05) is 25.1 Å². The highest BCUT2D eigenvalue weighted by molar-refractivity contribution is 5.79. The van der Waals surface area contributed by atoms with E-state index in [0.29, 0.717) is 17.0 Å². The third-order valence-electron chi connectivity index (χ3n) is 5.60. The Hall–Kier alpha value is -2.23. The Kier molecular flexibility index (Phi) is 4.28. The monoisotopic (exact) mass is 338 g/mol. The molecule has 2 atom stereocenters. The molecule has 6 nitrogen and oxygen atoms in total. The van der Waals surface area contributed by atoms with E-state index in [-0.39, 0.29) is 17.6 Å². The lowest BCUT2D eigenvalue weighted by atomic mass is 9.57. The smallest absolute Gasteiger partial charge is 0.161 e. The first-order valence-electron chi connectivity index (χ1n) is 8.88. The average molecular weight is 338 g/mol. The van der Waals surface area contributed by atoms with E-state index in [2.05, 4.69) is 21.4 Å². The van der Waals surface area contributed by atoms with Gasteiger partial charge in [0.25, 0.3) is 0 Å². The summed E-state index contributed by atoms with van der Waals surface area (Å²) in [5, 5.41) is 13.9. The first-order chi connectivity index (χ1) is 12.3. The molecule has 1 N–H and O–H groups in total. The molecule has 2 aromatic heterocycles. The molecule has 1 aliphatic heterocycles. The maximum atomic E-state index is 9.52. The summed E-state index contributed by atoms with van der Waals surface area (Å²) in [5.41, 5.74) is 1.29. The van der Waals surface area contributed by atoms with Gasteiger partial charge in [-0.15, -0.1) is 0 Å². The second-order valence-corrected chi connectivity index (χ2v) is 6.77. The summed E-state index contributed by atoms with van der Waals surface area (Å²) in [5.74, 6) is 0.625. The van der Waals surface area contributed by atoms with Crippen LogP contribution in [0.2, 0.25) is 0 Å². The maximum absolute atomic E-state index is 9.52. The highest BCUT2D eigenvalue weighted by atomic mass is 16.5. The molecular formula is C19H22N4O2. The Balaban J connectivity index is 1.63. The Morgan fingerprint density at radius 3 is 3.04 bits per heavy atom. The molecule has 2 unspecified atom stereocenters. The quantitative estimate of drug-likeness (QED) is 0.923. The summed E-state index contributed by atoms with van der Waals surface area (Å²) in [7, 11) is 0. The summed E-state index contributed by atoms with van der Waals surface area (Å²) in [6.07, 6.45) is 4.86.